The molecule has 0 aliphatic rings. The molecule has 0 radical (unpaired) electrons. The molecule has 0 amide bonds. The summed E-state index contributed by atoms with van der Waals surface area (Å²) in [5.41, 5.74) is 5.73. The minimum Gasteiger partial charge on any atom is -0.496 e. The SMILES string of the molecule is COc1c(C(N)C(=O)O)cc(Cl)c(F)c1C. The number of aliphatic carboxylic acids is 1. The molecule has 0 bridgehead atoms. The van der Waals surface area contributed by atoms with Crippen molar-refractivity contribution in [2.24, 2.45) is 5.73 Å². The van der Waals surface area contributed by atoms with Gasteiger partial charge in [-0.05, 0) is 13.0 Å². The molecule has 88 valence electrons. The number of hydrogen-bond donors (Lipinski definition) is 2. The number of ether oxygens (including phenoxy) is 1. The molecule has 0 fully saturated rings. The Balaban J connectivity index is 3.44. The van der Waals surface area contributed by atoms with Crippen LogP contribution in [0.5, 0.6) is 5.75 Å². The number of carboxylic acid groups (broad SMARTS) is 1. The second-order valence-electron chi connectivity index (χ2n) is 3.24. The zero-order valence-corrected chi connectivity index (χ0v) is 9.51. The highest BCUT2D eigenvalue weighted by molar-refractivity contribution is 6.31. The van der Waals surface area contributed by atoms with Crippen LogP contribution >= 0.6 is 11.6 Å². The Kier molecular flexibility index (Phi) is 3.72. The van der Waals surface area contributed by atoms with Gasteiger partial charge in [0.1, 0.15) is 17.6 Å². The van der Waals surface area contributed by atoms with E-state index < -0.39 is 17.8 Å². The first-order valence-electron chi connectivity index (χ1n) is 4.41. The van der Waals surface area contributed by atoms with E-state index >= 15 is 0 Å². The Labute approximate surface area is 96.8 Å². The van der Waals surface area contributed by atoms with Crippen LogP contribution in [0.2, 0.25) is 5.02 Å². The van der Waals surface area contributed by atoms with Gasteiger partial charge in [0.2, 0.25) is 0 Å². The topological polar surface area (TPSA) is 72.5 Å². The van der Waals surface area contributed by atoms with E-state index in [0.717, 1.165) is 0 Å². The average molecular weight is 248 g/mol. The van der Waals surface area contributed by atoms with E-state index in [1.165, 1.54) is 20.1 Å². The van der Waals surface area contributed by atoms with Crippen LogP contribution in [0, 0.1) is 12.7 Å². The molecule has 3 N–H and O–H groups in total. The van der Waals surface area contributed by atoms with Crippen LogP contribution in [-0.4, -0.2) is 18.2 Å². The minimum atomic E-state index is -1.30. The molecule has 0 saturated carbocycles. The van der Waals surface area contributed by atoms with E-state index in [2.05, 4.69) is 0 Å². The molecule has 1 aromatic rings. The molecular weight excluding hydrogens is 237 g/mol. The highest BCUT2D eigenvalue weighted by Gasteiger charge is 2.23. The first kappa shape index (κ1) is 12.7. The van der Waals surface area contributed by atoms with Gasteiger partial charge in [-0.2, -0.15) is 0 Å². The van der Waals surface area contributed by atoms with Crippen LogP contribution in [0.3, 0.4) is 0 Å². The summed E-state index contributed by atoms with van der Waals surface area (Å²) in [5, 5.41) is 8.61. The summed E-state index contributed by atoms with van der Waals surface area (Å²) in [5.74, 6) is -1.77. The van der Waals surface area contributed by atoms with Gasteiger partial charge in [-0.1, -0.05) is 11.6 Å². The summed E-state index contributed by atoms with van der Waals surface area (Å²) in [6.07, 6.45) is 0. The normalized spacial score (nSPS) is 12.3. The maximum absolute atomic E-state index is 13.4. The van der Waals surface area contributed by atoms with E-state index in [-0.39, 0.29) is 21.9 Å². The Hall–Kier alpha value is -1.33. The molecule has 1 atom stereocenters. The van der Waals surface area contributed by atoms with Gasteiger partial charge < -0.3 is 15.6 Å². The zero-order chi connectivity index (χ0) is 12.5. The first-order chi connectivity index (χ1) is 7.40. The van der Waals surface area contributed by atoms with E-state index in [1.807, 2.05) is 0 Å². The second-order valence-corrected chi connectivity index (χ2v) is 3.64. The summed E-state index contributed by atoms with van der Waals surface area (Å²) in [4.78, 5) is 10.8. The van der Waals surface area contributed by atoms with Crippen molar-refractivity contribution in [2.75, 3.05) is 7.11 Å². The van der Waals surface area contributed by atoms with E-state index in [1.54, 1.807) is 0 Å². The van der Waals surface area contributed by atoms with Gasteiger partial charge in [0.25, 0.3) is 0 Å². The Morgan fingerprint density at radius 3 is 2.69 bits per heavy atom. The van der Waals surface area contributed by atoms with E-state index in [9.17, 15) is 9.18 Å². The monoisotopic (exact) mass is 247 g/mol. The van der Waals surface area contributed by atoms with E-state index in [4.69, 9.17) is 27.2 Å². The minimum absolute atomic E-state index is 0.108. The van der Waals surface area contributed by atoms with Crippen LogP contribution in [0.1, 0.15) is 17.2 Å². The van der Waals surface area contributed by atoms with Crippen LogP contribution in [0.15, 0.2) is 6.07 Å². The number of nitrogens with two attached hydrogens (primary N) is 1. The average Bonchev–Trinajstić information content (AvgIpc) is 2.24. The number of methoxy groups -OCH3 is 1. The fourth-order valence-corrected chi connectivity index (χ4v) is 1.66. The van der Waals surface area contributed by atoms with Gasteiger partial charge in [0, 0.05) is 11.1 Å². The standard InChI is InChI=1S/C10H11ClFNO3/c1-4-7(12)6(11)3-5(9(4)16-2)8(13)10(14)15/h3,8H,13H2,1-2H3,(H,14,15). The van der Waals surface area contributed by atoms with Crippen LogP contribution in [-0.2, 0) is 4.79 Å². The van der Waals surface area contributed by atoms with Gasteiger partial charge in [0.05, 0.1) is 12.1 Å². The number of carboxylic acids is 1. The van der Waals surface area contributed by atoms with Crippen LogP contribution < -0.4 is 10.5 Å². The van der Waals surface area contributed by atoms with Gasteiger partial charge in [-0.15, -0.1) is 0 Å². The van der Waals surface area contributed by atoms with Crippen molar-refractivity contribution in [1.29, 1.82) is 0 Å². The Bertz CT molecular complexity index is 437. The van der Waals surface area contributed by atoms with Crippen molar-refractivity contribution in [3.63, 3.8) is 0 Å². The summed E-state index contributed by atoms with van der Waals surface area (Å²) in [6.45, 7) is 1.44. The third kappa shape index (κ3) is 2.10. The number of benzene rings is 1. The molecule has 0 aliphatic heterocycles. The van der Waals surface area contributed by atoms with Gasteiger partial charge in [0.15, 0.2) is 0 Å². The molecule has 0 saturated heterocycles. The van der Waals surface area contributed by atoms with Crippen molar-refractivity contribution in [1.82, 2.24) is 0 Å². The number of carbonyl (C=O) groups is 1. The third-order valence-corrected chi connectivity index (χ3v) is 2.50. The van der Waals surface area contributed by atoms with Gasteiger partial charge in [-0.3, -0.25) is 4.79 Å². The van der Waals surface area contributed by atoms with Gasteiger partial charge >= 0.3 is 5.97 Å². The predicted octanol–water partition coefficient (Wildman–Crippen LogP) is 1.88. The molecular formula is C10H11ClFNO3. The summed E-state index contributed by atoms with van der Waals surface area (Å²) in [6, 6.07) is -0.131. The molecule has 0 heterocycles. The second kappa shape index (κ2) is 4.67. The number of rotatable bonds is 3. The molecule has 0 spiro atoms. The van der Waals surface area contributed by atoms with Crippen molar-refractivity contribution >= 4 is 17.6 Å². The Morgan fingerprint density at radius 2 is 2.25 bits per heavy atom. The molecule has 1 rings (SSSR count). The molecule has 0 aromatic heterocycles. The summed E-state index contributed by atoms with van der Waals surface area (Å²) >= 11 is 5.62. The summed E-state index contributed by atoms with van der Waals surface area (Å²) < 4.78 is 18.4. The van der Waals surface area contributed by atoms with Crippen molar-refractivity contribution in [2.45, 2.75) is 13.0 Å². The van der Waals surface area contributed by atoms with Crippen LogP contribution in [0.25, 0.3) is 0 Å². The highest BCUT2D eigenvalue weighted by Crippen LogP contribution is 2.34. The quantitative estimate of drug-likeness (QED) is 0.855. The highest BCUT2D eigenvalue weighted by atomic mass is 35.5. The summed E-state index contributed by atoms with van der Waals surface area (Å²) in [7, 11) is 1.31. The van der Waals surface area contributed by atoms with Crippen molar-refractivity contribution in [3.8, 4) is 5.75 Å². The molecule has 0 aliphatic carbocycles. The third-order valence-electron chi connectivity index (χ3n) is 2.23. The maximum Gasteiger partial charge on any atom is 0.325 e. The fraction of sp³-hybridized carbons (Fsp3) is 0.300. The zero-order valence-electron chi connectivity index (χ0n) is 8.75. The van der Waals surface area contributed by atoms with Crippen LogP contribution in [0.4, 0.5) is 4.39 Å². The fourth-order valence-electron chi connectivity index (χ4n) is 1.40. The number of hydrogen-bond acceptors (Lipinski definition) is 3. The van der Waals surface area contributed by atoms with Crippen molar-refractivity contribution < 1.29 is 19.0 Å². The first-order valence-corrected chi connectivity index (χ1v) is 4.78. The lowest BCUT2D eigenvalue weighted by Gasteiger charge is -2.15. The van der Waals surface area contributed by atoms with Crippen molar-refractivity contribution in [3.05, 3.63) is 28.0 Å². The molecule has 16 heavy (non-hydrogen) atoms. The van der Waals surface area contributed by atoms with E-state index in [0.29, 0.717) is 0 Å². The maximum atomic E-state index is 13.4. The molecule has 1 unspecified atom stereocenters. The van der Waals surface area contributed by atoms with Gasteiger partial charge in [-0.25, -0.2) is 4.39 Å². The lowest BCUT2D eigenvalue weighted by atomic mass is 10.0. The lowest BCUT2D eigenvalue weighted by Crippen LogP contribution is -2.21. The Morgan fingerprint density at radius 1 is 1.69 bits per heavy atom. The molecule has 4 nitrogen and oxygen atoms in total. The number of halogens is 2. The largest absolute Gasteiger partial charge is 0.496 e. The smallest absolute Gasteiger partial charge is 0.325 e. The lowest BCUT2D eigenvalue weighted by molar-refractivity contribution is -0.138. The molecule has 1 aromatic carbocycles. The molecule has 6 heteroatoms. The predicted molar refractivity (Wildman–Crippen MR) is 57.3 cm³/mol.